The summed E-state index contributed by atoms with van der Waals surface area (Å²) in [6.45, 7) is 6.05. The molecule has 0 radical (unpaired) electrons. The van der Waals surface area contributed by atoms with Crippen LogP contribution >= 0.6 is 0 Å². The number of esters is 1. The van der Waals surface area contributed by atoms with Gasteiger partial charge in [-0.05, 0) is 11.8 Å². The highest BCUT2D eigenvalue weighted by Gasteiger charge is 2.41. The molecule has 0 N–H and O–H groups in total. The Bertz CT molecular complexity index is 461. The van der Waals surface area contributed by atoms with E-state index in [4.69, 9.17) is 4.74 Å². The van der Waals surface area contributed by atoms with Gasteiger partial charge in [0.15, 0.2) is 11.6 Å². The number of unbranched alkanes of at least 4 members (excludes halogenated alkanes) is 12. The average molecular weight is 395 g/mol. The van der Waals surface area contributed by atoms with Crippen molar-refractivity contribution < 1.29 is 19.1 Å². The van der Waals surface area contributed by atoms with Crippen molar-refractivity contribution in [2.24, 2.45) is 5.41 Å². The Labute approximate surface area is 172 Å². The summed E-state index contributed by atoms with van der Waals surface area (Å²) in [4.78, 5) is 36.0. The number of Topliss-reactive ketones (excluding diaryl/α,β-unsaturated/α-hetero) is 2. The zero-order valence-electron chi connectivity index (χ0n) is 18.5. The molecule has 4 nitrogen and oxygen atoms in total. The van der Waals surface area contributed by atoms with Crippen LogP contribution in [0, 0.1) is 5.41 Å². The van der Waals surface area contributed by atoms with Gasteiger partial charge in [-0.15, -0.1) is 0 Å². The number of rotatable bonds is 15. The molecule has 1 aliphatic carbocycles. The molecule has 0 aromatic rings. The lowest BCUT2D eigenvalue weighted by molar-refractivity contribution is -0.164. The highest BCUT2D eigenvalue weighted by molar-refractivity contribution is 6.09. The molecule has 0 aromatic heterocycles. The Morgan fingerprint density at radius 2 is 1.18 bits per heavy atom. The van der Waals surface area contributed by atoms with Gasteiger partial charge in [0, 0.05) is 19.3 Å². The Hall–Kier alpha value is -1.19. The number of ketones is 2. The van der Waals surface area contributed by atoms with Crippen LogP contribution in [0.4, 0.5) is 0 Å². The van der Waals surface area contributed by atoms with Gasteiger partial charge in [-0.1, -0.05) is 97.8 Å². The van der Waals surface area contributed by atoms with Gasteiger partial charge in [0.25, 0.3) is 0 Å². The molecule has 28 heavy (non-hydrogen) atoms. The maximum absolute atomic E-state index is 12.0. The predicted molar refractivity (Wildman–Crippen MR) is 113 cm³/mol. The maximum atomic E-state index is 12.0. The van der Waals surface area contributed by atoms with Crippen LogP contribution in [0.1, 0.15) is 124 Å². The first-order valence-corrected chi connectivity index (χ1v) is 11.6. The van der Waals surface area contributed by atoms with Crippen molar-refractivity contribution in [3.63, 3.8) is 0 Å². The summed E-state index contributed by atoms with van der Waals surface area (Å²) >= 11 is 0. The van der Waals surface area contributed by atoms with Crippen LogP contribution < -0.4 is 0 Å². The first kappa shape index (κ1) is 24.8. The molecule has 1 rings (SSSR count). The fourth-order valence-electron chi connectivity index (χ4n) is 3.98. The fourth-order valence-corrected chi connectivity index (χ4v) is 3.98. The third-order valence-electron chi connectivity index (χ3n) is 5.62. The average Bonchev–Trinajstić information content (AvgIpc) is 2.61. The monoisotopic (exact) mass is 394 g/mol. The van der Waals surface area contributed by atoms with Gasteiger partial charge >= 0.3 is 5.97 Å². The van der Waals surface area contributed by atoms with E-state index in [1.807, 2.05) is 13.8 Å². The minimum absolute atomic E-state index is 0.250. The molecule has 0 amide bonds. The molecule has 0 aromatic carbocycles. The number of carbonyl (C=O) groups is 3. The molecular formula is C24H42O4. The zero-order chi connectivity index (χ0) is 20.8. The van der Waals surface area contributed by atoms with Crippen molar-refractivity contribution in [1.29, 1.82) is 0 Å². The molecule has 0 atom stereocenters. The van der Waals surface area contributed by atoms with Crippen molar-refractivity contribution in [2.75, 3.05) is 0 Å². The SMILES string of the molecule is CCCCCCCCCCCCCCCC(=O)OC1C(=O)CC(C)(C)CC1=O. The van der Waals surface area contributed by atoms with Crippen LogP contribution in [0.15, 0.2) is 0 Å². The predicted octanol–water partition coefficient (Wildman–Crippen LogP) is 6.34. The second-order valence-electron chi connectivity index (χ2n) is 9.31. The second-order valence-corrected chi connectivity index (χ2v) is 9.31. The molecule has 0 unspecified atom stereocenters. The first-order chi connectivity index (χ1) is 13.4. The lowest BCUT2D eigenvalue weighted by Crippen LogP contribution is -2.44. The van der Waals surface area contributed by atoms with Gasteiger partial charge in [-0.3, -0.25) is 14.4 Å². The van der Waals surface area contributed by atoms with Gasteiger partial charge in [0.1, 0.15) is 0 Å². The van der Waals surface area contributed by atoms with Crippen LogP contribution in [0.3, 0.4) is 0 Å². The Morgan fingerprint density at radius 3 is 1.61 bits per heavy atom. The van der Waals surface area contributed by atoms with E-state index in [0.29, 0.717) is 19.3 Å². The molecule has 0 aliphatic heterocycles. The van der Waals surface area contributed by atoms with Crippen molar-refractivity contribution in [3.8, 4) is 0 Å². The van der Waals surface area contributed by atoms with Gasteiger partial charge in [0.05, 0.1) is 0 Å². The number of hydrogen-bond donors (Lipinski definition) is 0. The topological polar surface area (TPSA) is 60.4 Å². The molecule has 0 heterocycles. The Balaban J connectivity index is 1.97. The quantitative estimate of drug-likeness (QED) is 0.185. The standard InChI is InChI=1S/C24H42O4/c1-4-5-6-7-8-9-10-11-12-13-14-15-16-17-22(27)28-23-20(25)18-24(2,3)19-21(23)26/h23H,4-19H2,1-3H3. The smallest absolute Gasteiger partial charge is 0.306 e. The Kier molecular flexibility index (Phi) is 12.3. The number of hydrogen-bond acceptors (Lipinski definition) is 4. The molecule has 0 bridgehead atoms. The summed E-state index contributed by atoms with van der Waals surface area (Å²) in [5.41, 5.74) is -0.313. The lowest BCUT2D eigenvalue weighted by atomic mass is 9.75. The normalized spacial score (nSPS) is 17.1. The van der Waals surface area contributed by atoms with Gasteiger partial charge in [-0.2, -0.15) is 0 Å². The van der Waals surface area contributed by atoms with E-state index in [2.05, 4.69) is 6.92 Å². The number of carbonyl (C=O) groups excluding carboxylic acids is 3. The van der Waals surface area contributed by atoms with Crippen LogP contribution in [0.5, 0.6) is 0 Å². The van der Waals surface area contributed by atoms with Gasteiger partial charge < -0.3 is 4.74 Å². The van der Waals surface area contributed by atoms with Crippen LogP contribution in [0.25, 0.3) is 0 Å². The summed E-state index contributed by atoms with van der Waals surface area (Å²) < 4.78 is 5.18. The molecule has 1 saturated carbocycles. The largest absolute Gasteiger partial charge is 0.446 e. The van der Waals surface area contributed by atoms with Gasteiger partial charge in [-0.25, -0.2) is 0 Å². The molecule has 0 spiro atoms. The van der Waals surface area contributed by atoms with Crippen LogP contribution in [-0.2, 0) is 19.1 Å². The minimum atomic E-state index is -1.15. The summed E-state index contributed by atoms with van der Waals surface area (Å²) in [5.74, 6) is -0.908. The number of ether oxygens (including phenoxy) is 1. The zero-order valence-corrected chi connectivity index (χ0v) is 18.5. The summed E-state index contributed by atoms with van der Waals surface area (Å²) in [5, 5.41) is 0. The third-order valence-corrected chi connectivity index (χ3v) is 5.62. The van der Waals surface area contributed by atoms with Crippen LogP contribution in [0.2, 0.25) is 0 Å². The van der Waals surface area contributed by atoms with E-state index in [9.17, 15) is 14.4 Å². The molecule has 0 saturated heterocycles. The molecule has 4 heteroatoms. The van der Waals surface area contributed by atoms with Crippen molar-refractivity contribution in [1.82, 2.24) is 0 Å². The highest BCUT2D eigenvalue weighted by atomic mass is 16.5. The van der Waals surface area contributed by atoms with Crippen molar-refractivity contribution >= 4 is 17.5 Å². The van der Waals surface area contributed by atoms with E-state index in [1.54, 1.807) is 0 Å². The molecule has 162 valence electrons. The van der Waals surface area contributed by atoms with E-state index < -0.39 is 12.1 Å². The highest BCUT2D eigenvalue weighted by Crippen LogP contribution is 2.32. The van der Waals surface area contributed by atoms with E-state index in [1.165, 1.54) is 64.2 Å². The molecular weight excluding hydrogens is 352 g/mol. The summed E-state index contributed by atoms with van der Waals surface area (Å²) in [7, 11) is 0. The first-order valence-electron chi connectivity index (χ1n) is 11.6. The third kappa shape index (κ3) is 11.0. The summed E-state index contributed by atoms with van der Waals surface area (Å²) in [6, 6.07) is 0. The van der Waals surface area contributed by atoms with Crippen molar-refractivity contribution in [3.05, 3.63) is 0 Å². The van der Waals surface area contributed by atoms with E-state index in [0.717, 1.165) is 19.3 Å². The lowest BCUT2D eigenvalue weighted by Gasteiger charge is -2.31. The van der Waals surface area contributed by atoms with Crippen LogP contribution in [-0.4, -0.2) is 23.6 Å². The minimum Gasteiger partial charge on any atom is -0.446 e. The Morgan fingerprint density at radius 1 is 0.786 bits per heavy atom. The molecule has 1 fully saturated rings. The van der Waals surface area contributed by atoms with E-state index in [-0.39, 0.29) is 17.0 Å². The van der Waals surface area contributed by atoms with E-state index >= 15 is 0 Å². The van der Waals surface area contributed by atoms with Gasteiger partial charge in [0.2, 0.25) is 6.10 Å². The summed E-state index contributed by atoms with van der Waals surface area (Å²) in [6.07, 6.45) is 16.0. The fraction of sp³-hybridized carbons (Fsp3) is 0.875. The second kappa shape index (κ2) is 13.9. The maximum Gasteiger partial charge on any atom is 0.306 e. The molecule has 1 aliphatic rings. The van der Waals surface area contributed by atoms with Crippen molar-refractivity contribution in [2.45, 2.75) is 130 Å².